The topological polar surface area (TPSA) is 46.6 Å². The van der Waals surface area contributed by atoms with Crippen molar-refractivity contribution in [2.45, 2.75) is 36.4 Å². The zero-order valence-corrected chi connectivity index (χ0v) is 19.7. The van der Waals surface area contributed by atoms with Crippen molar-refractivity contribution in [3.05, 3.63) is 131 Å². The maximum Gasteiger partial charge on any atom is 0.246 e. The minimum absolute atomic E-state index is 0.00646. The number of para-hydroxylation sites is 1. The molecule has 170 valence electrons. The summed E-state index contributed by atoms with van der Waals surface area (Å²) in [5.41, 5.74) is 4.01. The highest BCUT2D eigenvalue weighted by Gasteiger charge is 2.56. The summed E-state index contributed by atoms with van der Waals surface area (Å²) >= 11 is 0. The lowest BCUT2D eigenvalue weighted by Gasteiger charge is -2.45. The third-order valence-electron chi connectivity index (χ3n) is 7.02. The van der Waals surface area contributed by atoms with E-state index in [1.807, 2.05) is 79.7 Å². The molecule has 0 saturated carbocycles. The molecule has 0 aromatic heterocycles. The largest absolute Gasteiger partial charge is 0.467 e. The van der Waals surface area contributed by atoms with Crippen molar-refractivity contribution in [3.8, 4) is 5.75 Å². The molecule has 0 fully saturated rings. The van der Waals surface area contributed by atoms with Gasteiger partial charge in [-0.15, -0.1) is 4.31 Å². The van der Waals surface area contributed by atoms with Crippen molar-refractivity contribution >= 4 is 10.0 Å². The summed E-state index contributed by atoms with van der Waals surface area (Å²) in [5, 5.41) is 0. The van der Waals surface area contributed by atoms with Gasteiger partial charge in [0.15, 0.2) is 0 Å². The molecular weight excluding hydrogens is 442 g/mol. The predicted molar refractivity (Wildman–Crippen MR) is 132 cm³/mol. The summed E-state index contributed by atoms with van der Waals surface area (Å²) < 4.78 is 36.5. The first-order valence-electron chi connectivity index (χ1n) is 11.5. The van der Waals surface area contributed by atoms with E-state index < -0.39 is 15.7 Å². The first-order valence-corrected chi connectivity index (χ1v) is 12.9. The average Bonchev–Trinajstić information content (AvgIpc) is 3.18. The summed E-state index contributed by atoms with van der Waals surface area (Å²) in [6, 6.07) is 33.3. The van der Waals surface area contributed by atoms with Gasteiger partial charge < -0.3 is 4.74 Å². The maximum atomic E-state index is 14.1. The number of hydrogen-bond donors (Lipinski definition) is 0. The fourth-order valence-corrected chi connectivity index (χ4v) is 6.99. The van der Waals surface area contributed by atoms with Crippen LogP contribution in [-0.2, 0) is 22.3 Å². The highest BCUT2D eigenvalue weighted by atomic mass is 32.2. The summed E-state index contributed by atoms with van der Waals surface area (Å²) in [7, 11) is -3.83. The molecule has 0 amide bonds. The molecule has 0 N–H and O–H groups in total. The van der Waals surface area contributed by atoms with Gasteiger partial charge in [-0.25, -0.2) is 8.42 Å². The Kier molecular flexibility index (Phi) is 4.87. The molecule has 4 aromatic rings. The SMILES string of the molecule is Cc1ccc(S(=O)(=O)N2Cc3ccccc3[C@]23C[C@@H](c2ccccc2)c2ccccc2O3)cc1. The van der Waals surface area contributed by atoms with Crippen molar-refractivity contribution in [3.63, 3.8) is 0 Å². The van der Waals surface area contributed by atoms with E-state index in [9.17, 15) is 8.42 Å². The van der Waals surface area contributed by atoms with Crippen molar-refractivity contribution in [1.29, 1.82) is 0 Å². The first-order chi connectivity index (χ1) is 16.5. The lowest BCUT2D eigenvalue weighted by Crippen LogP contribution is -2.51. The molecule has 2 heterocycles. The predicted octanol–water partition coefficient (Wildman–Crippen LogP) is 5.97. The number of sulfonamides is 1. The van der Waals surface area contributed by atoms with Gasteiger partial charge in [-0.1, -0.05) is 90.5 Å². The van der Waals surface area contributed by atoms with Crippen LogP contribution < -0.4 is 4.74 Å². The fraction of sp³-hybridized carbons (Fsp3) is 0.172. The molecule has 4 aromatic carbocycles. The molecule has 2 aliphatic rings. The average molecular weight is 468 g/mol. The molecule has 2 aliphatic heterocycles. The number of nitrogens with zero attached hydrogens (tertiary/aromatic N) is 1. The molecule has 0 saturated heterocycles. The van der Waals surface area contributed by atoms with Crippen LogP contribution in [-0.4, -0.2) is 12.7 Å². The van der Waals surface area contributed by atoms with Crippen LogP contribution in [0.4, 0.5) is 0 Å². The zero-order chi connectivity index (χ0) is 23.3. The molecule has 6 rings (SSSR count). The van der Waals surface area contributed by atoms with Gasteiger partial charge in [0.2, 0.25) is 15.7 Å². The van der Waals surface area contributed by atoms with E-state index in [0.29, 0.717) is 6.42 Å². The second kappa shape index (κ2) is 7.83. The van der Waals surface area contributed by atoms with Crippen molar-refractivity contribution in [2.24, 2.45) is 0 Å². The van der Waals surface area contributed by atoms with Gasteiger partial charge in [-0.3, -0.25) is 0 Å². The van der Waals surface area contributed by atoms with Gasteiger partial charge in [0.25, 0.3) is 0 Å². The van der Waals surface area contributed by atoms with Crippen LogP contribution in [0.15, 0.2) is 108 Å². The third kappa shape index (κ3) is 3.19. The van der Waals surface area contributed by atoms with E-state index in [1.54, 1.807) is 16.4 Å². The normalized spacial score (nSPS) is 21.6. The summed E-state index contributed by atoms with van der Waals surface area (Å²) in [4.78, 5) is 0.281. The van der Waals surface area contributed by atoms with E-state index in [4.69, 9.17) is 4.74 Å². The molecule has 5 heteroatoms. The van der Waals surface area contributed by atoms with E-state index in [0.717, 1.165) is 33.6 Å². The molecule has 0 unspecified atom stereocenters. The Morgan fingerprint density at radius 1 is 0.824 bits per heavy atom. The molecule has 0 bridgehead atoms. The van der Waals surface area contributed by atoms with Gasteiger partial charge in [-0.2, -0.15) is 0 Å². The fourth-order valence-electron chi connectivity index (χ4n) is 5.34. The van der Waals surface area contributed by atoms with E-state index >= 15 is 0 Å². The smallest absolute Gasteiger partial charge is 0.246 e. The number of ether oxygens (including phenoxy) is 1. The number of hydrogen-bond acceptors (Lipinski definition) is 3. The molecule has 34 heavy (non-hydrogen) atoms. The highest BCUT2D eigenvalue weighted by molar-refractivity contribution is 7.89. The Labute approximate surface area is 200 Å². The Bertz CT molecular complexity index is 1470. The van der Waals surface area contributed by atoms with Crippen LogP contribution in [0.2, 0.25) is 0 Å². The van der Waals surface area contributed by atoms with Crippen molar-refractivity contribution in [2.75, 3.05) is 0 Å². The van der Waals surface area contributed by atoms with E-state index in [-0.39, 0.29) is 17.4 Å². The van der Waals surface area contributed by atoms with Crippen LogP contribution >= 0.6 is 0 Å². The molecule has 0 aliphatic carbocycles. The summed E-state index contributed by atoms with van der Waals surface area (Å²) in [6.45, 7) is 2.23. The molecule has 2 atom stereocenters. The maximum absolute atomic E-state index is 14.1. The molecule has 1 spiro atoms. The van der Waals surface area contributed by atoms with Crippen molar-refractivity contribution in [1.82, 2.24) is 4.31 Å². The number of benzene rings is 4. The standard InChI is InChI=1S/C29H25NO3S/c1-21-15-17-24(18-16-21)34(31,32)30-20-23-11-5-7-13-27(23)29(30)19-26(22-9-3-2-4-10-22)25-12-6-8-14-28(25)33-29/h2-18,26H,19-20H2,1H3/t26-,29+/m0/s1. The Balaban J connectivity index is 1.57. The van der Waals surface area contributed by atoms with Gasteiger partial charge >= 0.3 is 0 Å². The number of fused-ring (bicyclic) bond motifs is 3. The van der Waals surface area contributed by atoms with Crippen LogP contribution in [0.25, 0.3) is 0 Å². The Hall–Kier alpha value is -3.41. The number of aryl methyl sites for hydroxylation is 1. The second-order valence-electron chi connectivity index (χ2n) is 9.07. The Morgan fingerprint density at radius 3 is 2.29 bits per heavy atom. The highest BCUT2D eigenvalue weighted by Crippen LogP contribution is 2.54. The lowest BCUT2D eigenvalue weighted by atomic mass is 9.80. The van der Waals surface area contributed by atoms with Crippen LogP contribution in [0.5, 0.6) is 5.75 Å². The van der Waals surface area contributed by atoms with Gasteiger partial charge in [0.1, 0.15) is 5.75 Å². The van der Waals surface area contributed by atoms with Crippen LogP contribution in [0.3, 0.4) is 0 Å². The first kappa shape index (κ1) is 21.1. The van der Waals surface area contributed by atoms with Crippen LogP contribution in [0, 0.1) is 6.92 Å². The molecule has 0 radical (unpaired) electrons. The minimum Gasteiger partial charge on any atom is -0.467 e. The zero-order valence-electron chi connectivity index (χ0n) is 18.9. The number of rotatable bonds is 3. The van der Waals surface area contributed by atoms with E-state index in [1.165, 1.54) is 0 Å². The molecule has 4 nitrogen and oxygen atoms in total. The Morgan fingerprint density at radius 2 is 1.50 bits per heavy atom. The van der Waals surface area contributed by atoms with Gasteiger partial charge in [-0.05, 0) is 36.2 Å². The van der Waals surface area contributed by atoms with Gasteiger partial charge in [0.05, 0.1) is 4.90 Å². The van der Waals surface area contributed by atoms with Crippen molar-refractivity contribution < 1.29 is 13.2 Å². The minimum atomic E-state index is -3.83. The monoisotopic (exact) mass is 467 g/mol. The van der Waals surface area contributed by atoms with Crippen LogP contribution in [0.1, 0.15) is 40.2 Å². The molecular formula is C29H25NO3S. The third-order valence-corrected chi connectivity index (χ3v) is 8.89. The quantitative estimate of drug-likeness (QED) is 0.373. The summed E-state index contributed by atoms with van der Waals surface area (Å²) in [5.74, 6) is 0.719. The lowest BCUT2D eigenvalue weighted by molar-refractivity contribution is -0.0528. The van der Waals surface area contributed by atoms with E-state index in [2.05, 4.69) is 18.2 Å². The second-order valence-corrected chi connectivity index (χ2v) is 10.9. The summed E-state index contributed by atoms with van der Waals surface area (Å²) in [6.07, 6.45) is 0.496. The van der Waals surface area contributed by atoms with Gasteiger partial charge in [0, 0.05) is 30.0 Å².